The molecule has 1 amide bonds. The molecule has 0 aromatic heterocycles. The summed E-state index contributed by atoms with van der Waals surface area (Å²) in [6, 6.07) is 0.288. The largest absolute Gasteiger partial charge is 0.342 e. The summed E-state index contributed by atoms with van der Waals surface area (Å²) in [4.78, 5) is 12.8. The zero-order valence-corrected chi connectivity index (χ0v) is 9.06. The molecule has 0 aromatic carbocycles. The van der Waals surface area contributed by atoms with Crippen molar-refractivity contribution in [3.63, 3.8) is 0 Å². The van der Waals surface area contributed by atoms with Crippen LogP contribution >= 0.6 is 11.6 Å². The fourth-order valence-electron chi connectivity index (χ4n) is 1.18. The molecule has 0 rings (SSSR count). The number of hydrogen-bond acceptors (Lipinski definition) is 1. The molecule has 0 saturated heterocycles. The highest BCUT2D eigenvalue weighted by Crippen LogP contribution is 2.09. The van der Waals surface area contributed by atoms with Crippen LogP contribution in [0.3, 0.4) is 0 Å². The molecule has 1 unspecified atom stereocenters. The lowest BCUT2D eigenvalue weighted by Gasteiger charge is -2.25. The first-order valence-corrected chi connectivity index (χ1v) is 4.84. The molecule has 0 aromatic rings. The molecule has 0 spiro atoms. The highest BCUT2D eigenvalue weighted by Gasteiger charge is 2.15. The van der Waals surface area contributed by atoms with E-state index in [4.69, 9.17) is 11.6 Å². The van der Waals surface area contributed by atoms with E-state index in [1.165, 1.54) is 0 Å². The van der Waals surface area contributed by atoms with Gasteiger partial charge in [0.05, 0.1) is 0 Å². The van der Waals surface area contributed by atoms with Crippen LogP contribution < -0.4 is 0 Å². The van der Waals surface area contributed by atoms with E-state index in [0.29, 0.717) is 5.92 Å². The third-order valence-electron chi connectivity index (χ3n) is 1.98. The number of amides is 1. The number of rotatable bonds is 4. The molecule has 0 fully saturated rings. The van der Waals surface area contributed by atoms with Gasteiger partial charge in [0, 0.05) is 13.1 Å². The molecular formula is C9H18ClNO. The zero-order valence-electron chi connectivity index (χ0n) is 8.30. The molecule has 0 saturated carbocycles. The number of alkyl halides is 1. The summed E-state index contributed by atoms with van der Waals surface area (Å²) in [5.41, 5.74) is 0. The van der Waals surface area contributed by atoms with Crippen LogP contribution in [0.4, 0.5) is 0 Å². The molecule has 0 bridgehead atoms. The minimum absolute atomic E-state index is 0.00446. The van der Waals surface area contributed by atoms with Gasteiger partial charge < -0.3 is 4.90 Å². The Morgan fingerprint density at radius 3 is 2.25 bits per heavy atom. The molecule has 3 heteroatoms. The first kappa shape index (κ1) is 11.8. The lowest BCUT2D eigenvalue weighted by Crippen LogP contribution is -2.36. The van der Waals surface area contributed by atoms with E-state index in [1.54, 1.807) is 11.9 Å². The molecule has 12 heavy (non-hydrogen) atoms. The average Bonchev–Trinajstić information content (AvgIpc) is 2.00. The molecule has 0 aliphatic heterocycles. The highest BCUT2D eigenvalue weighted by atomic mass is 35.5. The van der Waals surface area contributed by atoms with Crippen LogP contribution in [0.25, 0.3) is 0 Å². The Bertz CT molecular complexity index is 147. The second kappa shape index (κ2) is 5.41. The van der Waals surface area contributed by atoms with Crippen molar-refractivity contribution in [3.05, 3.63) is 0 Å². The van der Waals surface area contributed by atoms with Crippen LogP contribution in [0.1, 0.15) is 27.2 Å². The Kier molecular flexibility index (Phi) is 5.31. The fraction of sp³-hybridized carbons (Fsp3) is 0.889. The third kappa shape index (κ3) is 3.96. The van der Waals surface area contributed by atoms with E-state index < -0.39 is 0 Å². The lowest BCUT2D eigenvalue weighted by atomic mass is 10.0. The maximum Gasteiger partial charge on any atom is 0.237 e. The molecule has 0 aliphatic carbocycles. The fourth-order valence-corrected chi connectivity index (χ4v) is 1.37. The summed E-state index contributed by atoms with van der Waals surface area (Å²) in [5.74, 6) is 0.703. The van der Waals surface area contributed by atoms with Crippen LogP contribution in [0, 0.1) is 5.92 Å². The van der Waals surface area contributed by atoms with Gasteiger partial charge in [0.25, 0.3) is 0 Å². The molecule has 2 nitrogen and oxygen atoms in total. The molecule has 0 aliphatic rings. The van der Waals surface area contributed by atoms with Gasteiger partial charge in [0.2, 0.25) is 5.91 Å². The van der Waals surface area contributed by atoms with E-state index in [2.05, 4.69) is 13.8 Å². The summed E-state index contributed by atoms with van der Waals surface area (Å²) in [6.07, 6.45) is 1.03. The van der Waals surface area contributed by atoms with Crippen molar-refractivity contribution in [3.8, 4) is 0 Å². The quantitative estimate of drug-likeness (QED) is 0.624. The molecular weight excluding hydrogens is 174 g/mol. The Morgan fingerprint density at radius 2 is 1.92 bits per heavy atom. The Morgan fingerprint density at radius 1 is 1.42 bits per heavy atom. The van der Waals surface area contributed by atoms with Gasteiger partial charge in [-0.1, -0.05) is 13.8 Å². The van der Waals surface area contributed by atoms with Crippen LogP contribution in [-0.2, 0) is 4.79 Å². The van der Waals surface area contributed by atoms with E-state index in [0.717, 1.165) is 6.42 Å². The van der Waals surface area contributed by atoms with Crippen LogP contribution in [0.15, 0.2) is 0 Å². The van der Waals surface area contributed by atoms with Crippen molar-refractivity contribution in [1.29, 1.82) is 0 Å². The summed E-state index contributed by atoms with van der Waals surface area (Å²) in [5, 5.41) is 0. The van der Waals surface area contributed by atoms with E-state index in [-0.39, 0.29) is 17.8 Å². The number of halogens is 1. The van der Waals surface area contributed by atoms with Crippen molar-refractivity contribution in [2.45, 2.75) is 33.2 Å². The molecule has 72 valence electrons. The van der Waals surface area contributed by atoms with Crippen LogP contribution in [0.2, 0.25) is 0 Å². The van der Waals surface area contributed by atoms with Crippen LogP contribution in [0.5, 0.6) is 0 Å². The molecule has 1 atom stereocenters. The Balaban J connectivity index is 3.91. The van der Waals surface area contributed by atoms with Gasteiger partial charge in [-0.2, -0.15) is 0 Å². The van der Waals surface area contributed by atoms with E-state index in [1.807, 2.05) is 6.92 Å². The molecule has 0 N–H and O–H groups in total. The van der Waals surface area contributed by atoms with Gasteiger partial charge in [-0.15, -0.1) is 11.6 Å². The normalized spacial score (nSPS) is 13.2. The Labute approximate surface area is 79.9 Å². The van der Waals surface area contributed by atoms with Gasteiger partial charge >= 0.3 is 0 Å². The van der Waals surface area contributed by atoms with Gasteiger partial charge in [-0.05, 0) is 19.3 Å². The van der Waals surface area contributed by atoms with Gasteiger partial charge in [-0.25, -0.2) is 0 Å². The monoisotopic (exact) mass is 191 g/mol. The number of carbonyl (C=O) groups excluding carboxylic acids is 1. The minimum Gasteiger partial charge on any atom is -0.342 e. The topological polar surface area (TPSA) is 20.3 Å². The van der Waals surface area contributed by atoms with Gasteiger partial charge in [0.15, 0.2) is 0 Å². The highest BCUT2D eigenvalue weighted by molar-refractivity contribution is 6.27. The number of hydrogen-bond donors (Lipinski definition) is 0. The standard InChI is InChI=1S/C9H18ClNO/c1-7(2)5-8(3)11(4)9(12)6-10/h7-8H,5-6H2,1-4H3. The SMILES string of the molecule is CC(C)CC(C)N(C)C(=O)CCl. The predicted molar refractivity (Wildman–Crippen MR) is 52.4 cm³/mol. The summed E-state index contributed by atoms with van der Waals surface area (Å²) < 4.78 is 0. The maximum atomic E-state index is 11.1. The van der Waals surface area contributed by atoms with Gasteiger partial charge in [-0.3, -0.25) is 4.79 Å². The van der Waals surface area contributed by atoms with Crippen molar-refractivity contribution in [2.24, 2.45) is 5.92 Å². The smallest absolute Gasteiger partial charge is 0.237 e. The molecule has 0 radical (unpaired) electrons. The van der Waals surface area contributed by atoms with Crippen molar-refractivity contribution in [2.75, 3.05) is 12.9 Å². The van der Waals surface area contributed by atoms with E-state index >= 15 is 0 Å². The minimum atomic E-state index is 0.00446. The van der Waals surface area contributed by atoms with Gasteiger partial charge in [0.1, 0.15) is 5.88 Å². The second-order valence-electron chi connectivity index (χ2n) is 3.62. The number of nitrogens with zero attached hydrogens (tertiary/aromatic N) is 1. The first-order chi connectivity index (χ1) is 5.49. The predicted octanol–water partition coefficient (Wildman–Crippen LogP) is 2.12. The van der Waals surface area contributed by atoms with Crippen molar-refractivity contribution >= 4 is 17.5 Å². The Hall–Kier alpha value is -0.240. The second-order valence-corrected chi connectivity index (χ2v) is 3.88. The average molecular weight is 192 g/mol. The summed E-state index contributed by atoms with van der Waals surface area (Å²) >= 11 is 5.44. The van der Waals surface area contributed by atoms with Crippen LogP contribution in [-0.4, -0.2) is 29.8 Å². The maximum absolute atomic E-state index is 11.1. The van der Waals surface area contributed by atoms with Crippen molar-refractivity contribution < 1.29 is 4.79 Å². The van der Waals surface area contributed by atoms with E-state index in [9.17, 15) is 4.79 Å². The zero-order chi connectivity index (χ0) is 9.72. The molecule has 0 heterocycles. The summed E-state index contributed by atoms with van der Waals surface area (Å²) in [7, 11) is 1.80. The third-order valence-corrected chi connectivity index (χ3v) is 2.21. The number of carbonyl (C=O) groups is 1. The first-order valence-electron chi connectivity index (χ1n) is 4.30. The van der Waals surface area contributed by atoms with Crippen molar-refractivity contribution in [1.82, 2.24) is 4.90 Å². The summed E-state index contributed by atoms with van der Waals surface area (Å²) in [6.45, 7) is 6.34. The lowest BCUT2D eigenvalue weighted by molar-refractivity contribution is -0.129.